The summed E-state index contributed by atoms with van der Waals surface area (Å²) in [6.07, 6.45) is 2.27. The number of halogens is 4. The third kappa shape index (κ3) is 3.18. The normalized spacial score (nSPS) is 12.0. The predicted octanol–water partition coefficient (Wildman–Crippen LogP) is 3.13. The molecule has 1 amide bonds. The first kappa shape index (κ1) is 15.0. The Balaban J connectivity index is 2.24. The quantitative estimate of drug-likeness (QED) is 0.699. The number of benzene rings is 1. The number of hydrogen-bond acceptors (Lipinski definition) is 2. The maximum atomic E-state index is 13.5. The molecule has 1 aromatic heterocycles. The van der Waals surface area contributed by atoms with Crippen LogP contribution in [0.25, 0.3) is 0 Å². The molecule has 1 aromatic carbocycles. The van der Waals surface area contributed by atoms with Gasteiger partial charge in [0.1, 0.15) is 17.2 Å². The molecule has 0 spiro atoms. The van der Waals surface area contributed by atoms with Crippen LogP contribution in [0, 0.1) is 23.3 Å². The fraction of sp³-hybridized carbons (Fsp3) is 0.143. The van der Waals surface area contributed by atoms with Crippen molar-refractivity contribution in [3.05, 3.63) is 65.0 Å². The Bertz CT molecular complexity index is 691. The highest BCUT2D eigenvalue weighted by Crippen LogP contribution is 2.18. The number of hydrogen-bond donors (Lipinski definition) is 1. The van der Waals surface area contributed by atoms with E-state index >= 15 is 0 Å². The molecule has 0 fully saturated rings. The van der Waals surface area contributed by atoms with Gasteiger partial charge in [0.25, 0.3) is 5.91 Å². The van der Waals surface area contributed by atoms with Crippen LogP contribution in [0.4, 0.5) is 17.6 Å². The second-order valence-corrected chi connectivity index (χ2v) is 4.35. The molecule has 0 saturated heterocycles. The molecule has 110 valence electrons. The van der Waals surface area contributed by atoms with Gasteiger partial charge in [-0.15, -0.1) is 0 Å². The Hall–Kier alpha value is -2.44. The van der Waals surface area contributed by atoms with Crippen molar-refractivity contribution in [3.63, 3.8) is 0 Å². The van der Waals surface area contributed by atoms with E-state index in [2.05, 4.69) is 10.3 Å². The molecule has 2 aromatic rings. The molecule has 1 heterocycles. The summed E-state index contributed by atoms with van der Waals surface area (Å²) >= 11 is 0. The Morgan fingerprint density at radius 1 is 1.14 bits per heavy atom. The maximum absolute atomic E-state index is 13.5. The number of nitrogens with one attached hydrogen (secondary N) is 1. The summed E-state index contributed by atoms with van der Waals surface area (Å²) < 4.78 is 53.0. The SMILES string of the molecule is C[C@H](NC(=O)c1c(F)ccc(F)c1F)c1cncc(F)c1. The number of carbonyl (C=O) groups is 1. The second kappa shape index (κ2) is 5.90. The van der Waals surface area contributed by atoms with Gasteiger partial charge in [0.05, 0.1) is 12.2 Å². The van der Waals surface area contributed by atoms with Crippen molar-refractivity contribution in [2.24, 2.45) is 0 Å². The molecule has 7 heteroatoms. The van der Waals surface area contributed by atoms with Crippen LogP contribution in [0.3, 0.4) is 0 Å². The lowest BCUT2D eigenvalue weighted by Crippen LogP contribution is -2.28. The number of pyridine rings is 1. The van der Waals surface area contributed by atoms with Crippen molar-refractivity contribution in [2.75, 3.05) is 0 Å². The van der Waals surface area contributed by atoms with Crippen LogP contribution in [-0.2, 0) is 0 Å². The first-order valence-electron chi connectivity index (χ1n) is 5.95. The van der Waals surface area contributed by atoms with E-state index in [0.717, 1.165) is 12.3 Å². The number of amides is 1. The lowest BCUT2D eigenvalue weighted by Gasteiger charge is -2.14. The molecular weight excluding hydrogens is 288 g/mol. The van der Waals surface area contributed by atoms with Crippen LogP contribution < -0.4 is 5.32 Å². The van der Waals surface area contributed by atoms with Gasteiger partial charge in [-0.25, -0.2) is 17.6 Å². The Labute approximate surface area is 117 Å². The van der Waals surface area contributed by atoms with Crippen molar-refractivity contribution in [2.45, 2.75) is 13.0 Å². The highest BCUT2D eigenvalue weighted by atomic mass is 19.2. The van der Waals surface area contributed by atoms with E-state index in [-0.39, 0.29) is 0 Å². The van der Waals surface area contributed by atoms with E-state index in [4.69, 9.17) is 0 Å². The molecule has 1 N–H and O–H groups in total. The lowest BCUT2D eigenvalue weighted by molar-refractivity contribution is 0.0930. The molecule has 0 saturated carbocycles. The predicted molar refractivity (Wildman–Crippen MR) is 66.4 cm³/mol. The van der Waals surface area contributed by atoms with Crippen LogP contribution in [-0.4, -0.2) is 10.9 Å². The standard InChI is InChI=1S/C14H10F4N2O/c1-7(8-4-9(15)6-19-5-8)20-14(21)12-10(16)2-3-11(17)13(12)18/h2-7H,1H3,(H,20,21)/t7-/m0/s1. The second-order valence-electron chi connectivity index (χ2n) is 4.35. The first-order valence-corrected chi connectivity index (χ1v) is 5.95. The summed E-state index contributed by atoms with van der Waals surface area (Å²) in [6.45, 7) is 1.48. The first-order chi connectivity index (χ1) is 9.90. The van der Waals surface area contributed by atoms with Crippen LogP contribution in [0.5, 0.6) is 0 Å². The van der Waals surface area contributed by atoms with E-state index in [1.807, 2.05) is 0 Å². The van der Waals surface area contributed by atoms with E-state index in [0.29, 0.717) is 17.7 Å². The van der Waals surface area contributed by atoms with Gasteiger partial charge >= 0.3 is 0 Å². The van der Waals surface area contributed by atoms with Gasteiger partial charge < -0.3 is 5.32 Å². The monoisotopic (exact) mass is 298 g/mol. The summed E-state index contributed by atoms with van der Waals surface area (Å²) in [5.41, 5.74) is -0.716. The van der Waals surface area contributed by atoms with E-state index in [1.54, 1.807) is 0 Å². The summed E-state index contributed by atoms with van der Waals surface area (Å²) in [7, 11) is 0. The zero-order valence-corrected chi connectivity index (χ0v) is 10.8. The van der Waals surface area contributed by atoms with Gasteiger partial charge in [0.15, 0.2) is 11.6 Å². The largest absolute Gasteiger partial charge is 0.345 e. The van der Waals surface area contributed by atoms with Gasteiger partial charge in [-0.05, 0) is 30.7 Å². The van der Waals surface area contributed by atoms with Crippen molar-refractivity contribution < 1.29 is 22.4 Å². The topological polar surface area (TPSA) is 42.0 Å². The fourth-order valence-electron chi connectivity index (χ4n) is 1.75. The van der Waals surface area contributed by atoms with Crippen molar-refractivity contribution in [1.29, 1.82) is 0 Å². The zero-order valence-electron chi connectivity index (χ0n) is 10.8. The molecule has 0 aliphatic heterocycles. The van der Waals surface area contributed by atoms with E-state index < -0.39 is 40.8 Å². The Morgan fingerprint density at radius 2 is 1.81 bits per heavy atom. The highest BCUT2D eigenvalue weighted by Gasteiger charge is 2.22. The summed E-state index contributed by atoms with van der Waals surface area (Å²) in [5, 5.41) is 2.26. The van der Waals surface area contributed by atoms with Crippen LogP contribution in [0.1, 0.15) is 28.9 Å². The smallest absolute Gasteiger partial charge is 0.257 e. The van der Waals surface area contributed by atoms with Gasteiger partial charge in [-0.2, -0.15) is 0 Å². The summed E-state index contributed by atoms with van der Waals surface area (Å²) in [5.74, 6) is -5.84. The molecule has 2 rings (SSSR count). The van der Waals surface area contributed by atoms with Crippen LogP contribution in [0.2, 0.25) is 0 Å². The van der Waals surface area contributed by atoms with E-state index in [9.17, 15) is 22.4 Å². The minimum Gasteiger partial charge on any atom is -0.345 e. The average Bonchev–Trinajstić information content (AvgIpc) is 2.43. The molecule has 3 nitrogen and oxygen atoms in total. The number of aromatic nitrogens is 1. The summed E-state index contributed by atoms with van der Waals surface area (Å²) in [6, 6.07) is 1.60. The highest BCUT2D eigenvalue weighted by molar-refractivity contribution is 5.95. The third-order valence-electron chi connectivity index (χ3n) is 2.84. The van der Waals surface area contributed by atoms with E-state index in [1.165, 1.54) is 13.1 Å². The summed E-state index contributed by atoms with van der Waals surface area (Å²) in [4.78, 5) is 15.4. The van der Waals surface area contributed by atoms with Gasteiger partial charge in [0.2, 0.25) is 0 Å². The van der Waals surface area contributed by atoms with Crippen LogP contribution >= 0.6 is 0 Å². The lowest BCUT2D eigenvalue weighted by atomic mass is 10.1. The fourth-order valence-corrected chi connectivity index (χ4v) is 1.75. The molecule has 0 aliphatic carbocycles. The Morgan fingerprint density at radius 3 is 2.48 bits per heavy atom. The molecule has 0 unspecified atom stereocenters. The molecular formula is C14H10F4N2O. The number of nitrogens with zero attached hydrogens (tertiary/aromatic N) is 1. The van der Waals surface area contributed by atoms with Gasteiger partial charge in [-0.1, -0.05) is 0 Å². The number of rotatable bonds is 3. The van der Waals surface area contributed by atoms with Crippen molar-refractivity contribution >= 4 is 5.91 Å². The molecule has 0 aliphatic rings. The zero-order chi connectivity index (χ0) is 15.6. The van der Waals surface area contributed by atoms with Gasteiger partial charge in [0, 0.05) is 6.20 Å². The van der Waals surface area contributed by atoms with Gasteiger partial charge in [-0.3, -0.25) is 9.78 Å². The molecule has 0 bridgehead atoms. The maximum Gasteiger partial charge on any atom is 0.257 e. The minimum absolute atomic E-state index is 0.306. The average molecular weight is 298 g/mol. The molecule has 1 atom stereocenters. The minimum atomic E-state index is -1.57. The van der Waals surface area contributed by atoms with Crippen molar-refractivity contribution in [1.82, 2.24) is 10.3 Å². The van der Waals surface area contributed by atoms with Crippen molar-refractivity contribution in [3.8, 4) is 0 Å². The molecule has 0 radical (unpaired) electrons. The van der Waals surface area contributed by atoms with Crippen LogP contribution in [0.15, 0.2) is 30.6 Å². The molecule has 21 heavy (non-hydrogen) atoms. The third-order valence-corrected chi connectivity index (χ3v) is 2.84. The Kier molecular flexibility index (Phi) is 4.21. The number of carbonyl (C=O) groups excluding carboxylic acids is 1.